The summed E-state index contributed by atoms with van der Waals surface area (Å²) in [7, 11) is 2.05. The highest BCUT2D eigenvalue weighted by molar-refractivity contribution is 9.10. The third-order valence-corrected chi connectivity index (χ3v) is 6.03. The van der Waals surface area contributed by atoms with Gasteiger partial charge in [0.05, 0.1) is 12.2 Å². The van der Waals surface area contributed by atoms with Crippen LogP contribution < -0.4 is 4.90 Å². The van der Waals surface area contributed by atoms with Crippen molar-refractivity contribution in [3.05, 3.63) is 75.9 Å². The predicted molar refractivity (Wildman–Crippen MR) is 124 cm³/mol. The first-order chi connectivity index (χ1) is 14.4. The first-order valence-corrected chi connectivity index (χ1v) is 11.0. The van der Waals surface area contributed by atoms with Crippen LogP contribution in [0.1, 0.15) is 35.5 Å². The molecule has 6 heteroatoms. The van der Waals surface area contributed by atoms with E-state index >= 15 is 0 Å². The monoisotopic (exact) mass is 464 g/mol. The van der Waals surface area contributed by atoms with E-state index in [2.05, 4.69) is 41.7 Å². The van der Waals surface area contributed by atoms with Crippen LogP contribution in [-0.4, -0.2) is 40.4 Å². The molecule has 0 saturated carbocycles. The van der Waals surface area contributed by atoms with Crippen LogP contribution in [0.5, 0.6) is 0 Å². The Bertz CT molecular complexity index is 1070. The molecule has 3 aromatic rings. The molecule has 4 rings (SSSR count). The Hall–Kier alpha value is -2.73. The summed E-state index contributed by atoms with van der Waals surface area (Å²) in [4.78, 5) is 27.0. The van der Waals surface area contributed by atoms with Crippen LogP contribution in [0, 0.1) is 0 Å². The highest BCUT2D eigenvalue weighted by atomic mass is 79.9. The van der Waals surface area contributed by atoms with Crippen molar-refractivity contribution >= 4 is 27.7 Å². The lowest BCUT2D eigenvalue weighted by Crippen LogP contribution is -2.38. The fraction of sp³-hybridized carbons (Fsp3) is 0.292. The number of amides is 1. The van der Waals surface area contributed by atoms with Gasteiger partial charge in [0.25, 0.3) is 5.91 Å². The van der Waals surface area contributed by atoms with E-state index in [1.54, 1.807) is 0 Å². The lowest BCUT2D eigenvalue weighted by atomic mass is 10.0. The minimum absolute atomic E-state index is 0.0345. The normalized spacial score (nSPS) is 13.3. The summed E-state index contributed by atoms with van der Waals surface area (Å²) < 4.78 is 0.904. The van der Waals surface area contributed by atoms with E-state index in [0.29, 0.717) is 18.7 Å². The molecule has 1 aromatic heterocycles. The molecule has 0 atom stereocenters. The fourth-order valence-electron chi connectivity index (χ4n) is 3.63. The summed E-state index contributed by atoms with van der Waals surface area (Å²) in [5, 5.41) is 0. The summed E-state index contributed by atoms with van der Waals surface area (Å²) >= 11 is 3.46. The molecule has 1 amide bonds. The molecule has 1 aliphatic heterocycles. The van der Waals surface area contributed by atoms with Gasteiger partial charge in [0, 0.05) is 47.2 Å². The van der Waals surface area contributed by atoms with E-state index in [1.165, 1.54) is 0 Å². The van der Waals surface area contributed by atoms with Crippen molar-refractivity contribution in [1.29, 1.82) is 0 Å². The minimum atomic E-state index is 0.0345. The Morgan fingerprint density at radius 3 is 2.57 bits per heavy atom. The number of hydrogen-bond donors (Lipinski definition) is 0. The van der Waals surface area contributed by atoms with Crippen molar-refractivity contribution in [1.82, 2.24) is 14.9 Å². The van der Waals surface area contributed by atoms with E-state index in [9.17, 15) is 4.79 Å². The van der Waals surface area contributed by atoms with Crippen molar-refractivity contribution in [2.75, 3.05) is 18.5 Å². The second kappa shape index (κ2) is 8.56. The average Bonchev–Trinajstić information content (AvgIpc) is 2.77. The number of halogens is 1. The molecular formula is C24H25BrN4O. The van der Waals surface area contributed by atoms with E-state index in [1.807, 2.05) is 59.5 Å². The molecule has 1 aliphatic rings. The Labute approximate surface area is 185 Å². The number of hydrogen-bond acceptors (Lipinski definition) is 4. The maximum absolute atomic E-state index is 13.1. The number of carbonyl (C=O) groups is 1. The van der Waals surface area contributed by atoms with Gasteiger partial charge in [-0.1, -0.05) is 52.3 Å². The lowest BCUT2D eigenvalue weighted by molar-refractivity contribution is 0.0733. The van der Waals surface area contributed by atoms with Crippen LogP contribution in [0.3, 0.4) is 0 Å². The summed E-state index contributed by atoms with van der Waals surface area (Å²) in [6.45, 7) is 5.45. The molecular weight excluding hydrogens is 440 g/mol. The van der Waals surface area contributed by atoms with Crippen LogP contribution >= 0.6 is 15.9 Å². The van der Waals surface area contributed by atoms with Gasteiger partial charge in [-0.3, -0.25) is 4.79 Å². The highest BCUT2D eigenvalue weighted by Crippen LogP contribution is 2.30. The predicted octanol–water partition coefficient (Wildman–Crippen LogP) is 4.95. The Morgan fingerprint density at radius 1 is 1.10 bits per heavy atom. The van der Waals surface area contributed by atoms with Gasteiger partial charge in [-0.2, -0.15) is 0 Å². The summed E-state index contributed by atoms with van der Waals surface area (Å²) in [6.07, 6.45) is 0.719. The fourth-order valence-corrected chi connectivity index (χ4v) is 4.03. The summed E-state index contributed by atoms with van der Waals surface area (Å²) in [5.41, 5.74) is 3.77. The number of rotatable bonds is 4. The molecule has 0 saturated heterocycles. The molecule has 0 fully saturated rings. The molecule has 0 N–H and O–H groups in total. The quantitative estimate of drug-likeness (QED) is 0.547. The van der Waals surface area contributed by atoms with Crippen molar-refractivity contribution in [3.8, 4) is 11.4 Å². The van der Waals surface area contributed by atoms with Gasteiger partial charge >= 0.3 is 0 Å². The van der Waals surface area contributed by atoms with Gasteiger partial charge in [0.1, 0.15) is 5.82 Å². The van der Waals surface area contributed by atoms with Crippen molar-refractivity contribution < 1.29 is 4.79 Å². The average molecular weight is 465 g/mol. The lowest BCUT2D eigenvalue weighted by Gasteiger charge is -2.33. The van der Waals surface area contributed by atoms with Crippen LogP contribution in [0.15, 0.2) is 59.1 Å². The first-order valence-electron chi connectivity index (χ1n) is 10.2. The summed E-state index contributed by atoms with van der Waals surface area (Å²) in [5.74, 6) is 1.68. The molecule has 2 heterocycles. The number of carbonyl (C=O) groups excluding carboxylic acids is 1. The molecule has 154 valence electrons. The molecule has 30 heavy (non-hydrogen) atoms. The molecule has 0 bridgehead atoms. The van der Waals surface area contributed by atoms with Gasteiger partial charge in [0.2, 0.25) is 0 Å². The minimum Gasteiger partial charge on any atom is -0.357 e. The zero-order valence-corrected chi connectivity index (χ0v) is 19.1. The number of fused-ring (bicyclic) bond motifs is 1. The largest absolute Gasteiger partial charge is 0.357 e. The maximum Gasteiger partial charge on any atom is 0.254 e. The zero-order valence-electron chi connectivity index (χ0n) is 17.5. The molecule has 2 aromatic carbocycles. The van der Waals surface area contributed by atoms with Crippen LogP contribution in [0.4, 0.5) is 5.82 Å². The molecule has 0 aliphatic carbocycles. The van der Waals surface area contributed by atoms with Crippen LogP contribution in [-0.2, 0) is 13.0 Å². The van der Waals surface area contributed by atoms with Crippen molar-refractivity contribution in [2.24, 2.45) is 0 Å². The molecule has 0 spiro atoms. The zero-order chi connectivity index (χ0) is 21.3. The Kier molecular flexibility index (Phi) is 5.86. The Balaban J connectivity index is 1.73. The van der Waals surface area contributed by atoms with E-state index in [-0.39, 0.29) is 11.9 Å². The number of nitrogens with zero attached hydrogens (tertiary/aromatic N) is 4. The number of aromatic nitrogens is 2. The number of benzene rings is 2. The maximum atomic E-state index is 13.1. The molecule has 5 nitrogen and oxygen atoms in total. The van der Waals surface area contributed by atoms with Gasteiger partial charge in [-0.25, -0.2) is 9.97 Å². The van der Waals surface area contributed by atoms with Gasteiger partial charge in [-0.15, -0.1) is 0 Å². The van der Waals surface area contributed by atoms with Gasteiger partial charge in [-0.05, 0) is 32.0 Å². The first kappa shape index (κ1) is 20.5. The molecule has 0 radical (unpaired) electrons. The van der Waals surface area contributed by atoms with Crippen molar-refractivity contribution in [2.45, 2.75) is 32.9 Å². The van der Waals surface area contributed by atoms with Gasteiger partial charge < -0.3 is 9.80 Å². The second-order valence-electron chi connectivity index (χ2n) is 7.85. The Morgan fingerprint density at radius 2 is 1.87 bits per heavy atom. The second-order valence-corrected chi connectivity index (χ2v) is 8.77. The highest BCUT2D eigenvalue weighted by Gasteiger charge is 2.28. The van der Waals surface area contributed by atoms with Gasteiger partial charge in [0.15, 0.2) is 5.82 Å². The van der Waals surface area contributed by atoms with E-state index in [4.69, 9.17) is 9.97 Å². The topological polar surface area (TPSA) is 49.3 Å². The standard InChI is InChI=1S/C24H25BrN4O/c1-16(2)28(3)23-20-15-29(24(30)18-10-7-11-19(25)14-18)13-12-21(20)26-22(27-23)17-8-5-4-6-9-17/h4-11,14,16H,12-13,15H2,1-3H3. The van der Waals surface area contributed by atoms with E-state index in [0.717, 1.165) is 39.4 Å². The van der Waals surface area contributed by atoms with Crippen LogP contribution in [0.25, 0.3) is 11.4 Å². The van der Waals surface area contributed by atoms with Crippen molar-refractivity contribution in [3.63, 3.8) is 0 Å². The molecule has 0 unspecified atom stereocenters. The third kappa shape index (κ3) is 4.10. The number of anilines is 1. The van der Waals surface area contributed by atoms with E-state index < -0.39 is 0 Å². The SMILES string of the molecule is CC(C)N(C)c1nc(-c2ccccc2)nc2c1CN(C(=O)c1cccc(Br)c1)CC2. The smallest absolute Gasteiger partial charge is 0.254 e. The summed E-state index contributed by atoms with van der Waals surface area (Å²) in [6, 6.07) is 17.9. The third-order valence-electron chi connectivity index (χ3n) is 5.54. The van der Waals surface area contributed by atoms with Crippen LogP contribution in [0.2, 0.25) is 0 Å².